The summed E-state index contributed by atoms with van der Waals surface area (Å²) in [6.07, 6.45) is 5.60. The van der Waals surface area contributed by atoms with Gasteiger partial charge in [-0.05, 0) is 49.8 Å². The molecule has 4 rings (SSSR count). The Labute approximate surface area is 153 Å². The third kappa shape index (κ3) is 3.58. The highest BCUT2D eigenvalue weighted by atomic mass is 16.5. The summed E-state index contributed by atoms with van der Waals surface area (Å²) in [6.45, 7) is 2.41. The molecule has 1 aromatic carbocycles. The van der Waals surface area contributed by atoms with E-state index < -0.39 is 0 Å². The maximum atomic E-state index is 12.6. The molecule has 1 aromatic heterocycles. The van der Waals surface area contributed by atoms with Gasteiger partial charge in [-0.2, -0.15) is 0 Å². The Bertz CT molecular complexity index is 849. The normalized spacial score (nSPS) is 21.9. The quantitative estimate of drug-likeness (QED) is 0.869. The van der Waals surface area contributed by atoms with Crippen molar-refractivity contribution in [1.82, 2.24) is 9.88 Å². The summed E-state index contributed by atoms with van der Waals surface area (Å²) >= 11 is 0. The summed E-state index contributed by atoms with van der Waals surface area (Å²) in [7, 11) is 0. The molecule has 2 aliphatic rings. The molecule has 2 saturated carbocycles. The smallest absolute Gasteiger partial charge is 0.263 e. The molecule has 1 amide bonds. The Morgan fingerprint density at radius 3 is 2.62 bits per heavy atom. The predicted molar refractivity (Wildman–Crippen MR) is 99.2 cm³/mol. The second-order valence-electron chi connectivity index (χ2n) is 7.38. The number of rotatable bonds is 6. The fourth-order valence-corrected chi connectivity index (χ4v) is 3.42. The number of pyridine rings is 1. The van der Waals surface area contributed by atoms with Crippen LogP contribution in [-0.2, 0) is 11.3 Å². The SMILES string of the molecule is Cc1ccn(C2CC2)c(=O)c1C(=O)NC1CC(OCc2ccccc2)C1. The fourth-order valence-electron chi connectivity index (χ4n) is 3.42. The van der Waals surface area contributed by atoms with E-state index in [1.165, 1.54) is 0 Å². The maximum absolute atomic E-state index is 12.6. The Morgan fingerprint density at radius 2 is 1.92 bits per heavy atom. The molecule has 0 atom stereocenters. The lowest BCUT2D eigenvalue weighted by atomic mass is 9.89. The number of amides is 1. The molecule has 0 spiro atoms. The van der Waals surface area contributed by atoms with E-state index in [0.29, 0.717) is 6.61 Å². The van der Waals surface area contributed by atoms with Crippen molar-refractivity contribution in [3.63, 3.8) is 0 Å². The average Bonchev–Trinajstić information content (AvgIpc) is 3.42. The monoisotopic (exact) mass is 352 g/mol. The summed E-state index contributed by atoms with van der Waals surface area (Å²) in [4.78, 5) is 25.2. The molecule has 0 radical (unpaired) electrons. The van der Waals surface area contributed by atoms with Gasteiger partial charge in [0.15, 0.2) is 0 Å². The van der Waals surface area contributed by atoms with Crippen molar-refractivity contribution in [1.29, 1.82) is 0 Å². The van der Waals surface area contributed by atoms with Gasteiger partial charge in [-0.1, -0.05) is 30.3 Å². The van der Waals surface area contributed by atoms with E-state index in [0.717, 1.165) is 36.8 Å². The molecule has 1 heterocycles. The van der Waals surface area contributed by atoms with Crippen molar-refractivity contribution in [2.75, 3.05) is 0 Å². The Morgan fingerprint density at radius 1 is 1.19 bits per heavy atom. The molecule has 2 aromatic rings. The van der Waals surface area contributed by atoms with Crippen molar-refractivity contribution in [2.45, 2.75) is 57.4 Å². The van der Waals surface area contributed by atoms with Crippen molar-refractivity contribution in [2.24, 2.45) is 0 Å². The summed E-state index contributed by atoms with van der Waals surface area (Å²) in [5, 5.41) is 3.00. The van der Waals surface area contributed by atoms with Crippen LogP contribution in [0.5, 0.6) is 0 Å². The molecule has 0 aliphatic heterocycles. The van der Waals surface area contributed by atoms with Crippen LogP contribution in [0.25, 0.3) is 0 Å². The van der Waals surface area contributed by atoms with E-state index in [1.54, 1.807) is 4.57 Å². The Balaban J connectivity index is 1.31. The lowest BCUT2D eigenvalue weighted by Gasteiger charge is -2.35. The van der Waals surface area contributed by atoms with Crippen molar-refractivity contribution in [3.05, 3.63) is 69.6 Å². The summed E-state index contributed by atoms with van der Waals surface area (Å²) in [5.74, 6) is -0.256. The molecule has 136 valence electrons. The van der Waals surface area contributed by atoms with Gasteiger partial charge in [0, 0.05) is 18.3 Å². The highest BCUT2D eigenvalue weighted by Gasteiger charge is 2.33. The lowest BCUT2D eigenvalue weighted by molar-refractivity contribution is -0.0251. The van der Waals surface area contributed by atoms with Gasteiger partial charge in [-0.25, -0.2) is 0 Å². The van der Waals surface area contributed by atoms with Crippen LogP contribution in [0.2, 0.25) is 0 Å². The molecule has 26 heavy (non-hydrogen) atoms. The van der Waals surface area contributed by atoms with E-state index in [9.17, 15) is 9.59 Å². The minimum absolute atomic E-state index is 0.0802. The van der Waals surface area contributed by atoms with Crippen LogP contribution in [0.3, 0.4) is 0 Å². The van der Waals surface area contributed by atoms with Crippen molar-refractivity contribution < 1.29 is 9.53 Å². The standard InChI is InChI=1S/C21H24N2O3/c1-14-9-10-23(17-7-8-17)21(25)19(14)20(24)22-16-11-18(12-16)26-13-15-5-3-2-4-6-15/h2-6,9-10,16-18H,7-8,11-13H2,1H3,(H,22,24). The first kappa shape index (κ1) is 17.0. The number of carbonyl (C=O) groups excluding carboxylic acids is 1. The van der Waals surface area contributed by atoms with Gasteiger partial charge in [0.1, 0.15) is 5.56 Å². The van der Waals surface area contributed by atoms with Crippen LogP contribution >= 0.6 is 0 Å². The first-order chi connectivity index (χ1) is 12.6. The highest BCUT2D eigenvalue weighted by molar-refractivity contribution is 5.95. The minimum atomic E-state index is -0.256. The Kier molecular flexibility index (Phi) is 4.64. The van der Waals surface area contributed by atoms with Crippen molar-refractivity contribution in [3.8, 4) is 0 Å². The fraction of sp³-hybridized carbons (Fsp3) is 0.429. The summed E-state index contributed by atoms with van der Waals surface area (Å²) in [5.41, 5.74) is 2.01. The number of aryl methyl sites for hydroxylation is 1. The largest absolute Gasteiger partial charge is 0.373 e. The van der Waals surface area contributed by atoms with E-state index in [4.69, 9.17) is 4.74 Å². The number of hydrogen-bond donors (Lipinski definition) is 1. The van der Waals surface area contributed by atoms with Gasteiger partial charge in [0.25, 0.3) is 11.5 Å². The molecule has 2 fully saturated rings. The molecule has 5 nitrogen and oxygen atoms in total. The zero-order valence-corrected chi connectivity index (χ0v) is 15.0. The zero-order chi connectivity index (χ0) is 18.1. The van der Waals surface area contributed by atoms with Gasteiger partial charge < -0.3 is 14.6 Å². The average molecular weight is 352 g/mol. The van der Waals surface area contributed by atoms with Crippen LogP contribution in [0.4, 0.5) is 0 Å². The van der Waals surface area contributed by atoms with Gasteiger partial charge in [-0.15, -0.1) is 0 Å². The predicted octanol–water partition coefficient (Wildman–Crippen LogP) is 2.97. The van der Waals surface area contributed by atoms with Crippen molar-refractivity contribution >= 4 is 5.91 Å². The molecule has 0 unspecified atom stereocenters. The molecule has 0 saturated heterocycles. The number of benzene rings is 1. The lowest BCUT2D eigenvalue weighted by Crippen LogP contribution is -2.49. The van der Waals surface area contributed by atoms with Gasteiger partial charge >= 0.3 is 0 Å². The van der Waals surface area contributed by atoms with E-state index in [-0.39, 0.29) is 35.2 Å². The molecule has 1 N–H and O–H groups in total. The van der Waals surface area contributed by atoms with Gasteiger partial charge in [-0.3, -0.25) is 9.59 Å². The Hall–Kier alpha value is -2.40. The molecule has 0 bridgehead atoms. The number of nitrogens with one attached hydrogen (secondary N) is 1. The number of aromatic nitrogens is 1. The second kappa shape index (κ2) is 7.08. The maximum Gasteiger partial charge on any atom is 0.263 e. The number of hydrogen-bond acceptors (Lipinski definition) is 3. The minimum Gasteiger partial charge on any atom is -0.373 e. The van der Waals surface area contributed by atoms with Crippen LogP contribution in [-0.4, -0.2) is 22.6 Å². The van der Waals surface area contributed by atoms with Crippen LogP contribution in [0.1, 0.15) is 53.2 Å². The molecular formula is C21H24N2O3. The highest BCUT2D eigenvalue weighted by Crippen LogP contribution is 2.33. The first-order valence-electron chi connectivity index (χ1n) is 9.30. The first-order valence-corrected chi connectivity index (χ1v) is 9.30. The number of nitrogens with zero attached hydrogens (tertiary/aromatic N) is 1. The molecule has 5 heteroatoms. The van der Waals surface area contributed by atoms with Gasteiger partial charge in [0.2, 0.25) is 0 Å². The van der Waals surface area contributed by atoms with Crippen LogP contribution < -0.4 is 10.9 Å². The molecular weight excluding hydrogens is 328 g/mol. The van der Waals surface area contributed by atoms with E-state index in [1.807, 2.05) is 49.5 Å². The number of ether oxygens (including phenoxy) is 1. The van der Waals surface area contributed by atoms with E-state index >= 15 is 0 Å². The third-order valence-electron chi connectivity index (χ3n) is 5.25. The van der Waals surface area contributed by atoms with Gasteiger partial charge in [0.05, 0.1) is 12.7 Å². The summed E-state index contributed by atoms with van der Waals surface area (Å²) < 4.78 is 7.57. The zero-order valence-electron chi connectivity index (χ0n) is 15.0. The number of carbonyl (C=O) groups is 1. The van der Waals surface area contributed by atoms with Crippen LogP contribution in [0.15, 0.2) is 47.4 Å². The van der Waals surface area contributed by atoms with Crippen LogP contribution in [0, 0.1) is 6.92 Å². The second-order valence-corrected chi connectivity index (χ2v) is 7.38. The third-order valence-corrected chi connectivity index (χ3v) is 5.25. The van der Waals surface area contributed by atoms with E-state index in [2.05, 4.69) is 5.32 Å². The summed E-state index contributed by atoms with van der Waals surface area (Å²) in [6, 6.07) is 12.3. The topological polar surface area (TPSA) is 60.3 Å². The molecule has 2 aliphatic carbocycles.